The largest absolute Gasteiger partial charge is 0.472 e. The van der Waals surface area contributed by atoms with E-state index < -0.39 is 97.5 Å². The van der Waals surface area contributed by atoms with Crippen molar-refractivity contribution in [1.82, 2.24) is 0 Å². The SMILES string of the molecule is CCCCCCCCCCCCCCCCCCCCCCCCC(=O)O[C@H](COC(=O)CCCCCCCCCCCCCCCCCCCC)COP(=O)(O)OC[C@@H](O)COP(=O)(O)OC[C@@H](COC(=O)CCCCCCC)OC(=O)CCCCCCCCCCCCCCC(C)C. The van der Waals surface area contributed by atoms with Crippen molar-refractivity contribution in [3.63, 3.8) is 0 Å². The van der Waals surface area contributed by atoms with Gasteiger partial charge in [0, 0.05) is 25.7 Å². The number of phosphoric acid groups is 2. The van der Waals surface area contributed by atoms with Crippen molar-refractivity contribution in [3.8, 4) is 0 Å². The van der Waals surface area contributed by atoms with Gasteiger partial charge < -0.3 is 33.8 Å². The van der Waals surface area contributed by atoms with Crippen molar-refractivity contribution >= 4 is 39.5 Å². The third kappa shape index (κ3) is 74.3. The summed E-state index contributed by atoms with van der Waals surface area (Å²) in [4.78, 5) is 72.7. The van der Waals surface area contributed by atoms with Gasteiger partial charge in [0.15, 0.2) is 12.2 Å². The number of phosphoric ester groups is 2. The second-order valence-electron chi connectivity index (χ2n) is 29.6. The fourth-order valence-electron chi connectivity index (χ4n) is 12.6. The van der Waals surface area contributed by atoms with Gasteiger partial charge in [0.25, 0.3) is 0 Å². The van der Waals surface area contributed by atoms with E-state index in [0.717, 1.165) is 102 Å². The highest BCUT2D eigenvalue weighted by Gasteiger charge is 2.30. The summed E-state index contributed by atoms with van der Waals surface area (Å²) >= 11 is 0. The zero-order chi connectivity index (χ0) is 73.4. The van der Waals surface area contributed by atoms with Crippen LogP contribution in [0.3, 0.4) is 0 Å². The molecule has 0 rings (SSSR count). The Hall–Kier alpha value is -1.94. The molecule has 0 spiro atoms. The van der Waals surface area contributed by atoms with Crippen LogP contribution in [0.1, 0.15) is 433 Å². The molecule has 0 aromatic heterocycles. The minimum absolute atomic E-state index is 0.106. The molecule has 17 nitrogen and oxygen atoms in total. The topological polar surface area (TPSA) is 237 Å². The van der Waals surface area contributed by atoms with Gasteiger partial charge in [-0.1, -0.05) is 381 Å². The van der Waals surface area contributed by atoms with Crippen LogP contribution in [0, 0.1) is 5.92 Å². The van der Waals surface area contributed by atoms with Crippen molar-refractivity contribution in [3.05, 3.63) is 0 Å². The summed E-state index contributed by atoms with van der Waals surface area (Å²) < 4.78 is 68.5. The molecule has 2 unspecified atom stereocenters. The second-order valence-corrected chi connectivity index (χ2v) is 32.5. The average molecular weight is 1470 g/mol. The van der Waals surface area contributed by atoms with E-state index in [1.165, 1.54) is 250 Å². The molecule has 0 amide bonds. The second kappa shape index (κ2) is 73.9. The lowest BCUT2D eigenvalue weighted by Gasteiger charge is -2.21. The number of aliphatic hydroxyl groups is 1. The van der Waals surface area contributed by atoms with E-state index in [0.29, 0.717) is 25.7 Å². The third-order valence-corrected chi connectivity index (χ3v) is 20.9. The minimum Gasteiger partial charge on any atom is -0.462 e. The molecule has 594 valence electrons. The summed E-state index contributed by atoms with van der Waals surface area (Å²) in [6.07, 6.45) is 65.8. The average Bonchev–Trinajstić information content (AvgIpc) is 0.967. The Bertz CT molecular complexity index is 1910. The number of aliphatic hydroxyl groups excluding tert-OH is 1. The molecule has 0 aromatic rings. The number of hydrogen-bond donors (Lipinski definition) is 3. The van der Waals surface area contributed by atoms with E-state index in [-0.39, 0.29) is 25.7 Å². The molecule has 0 saturated heterocycles. The number of carbonyl (C=O) groups is 4. The molecule has 0 aliphatic rings. The van der Waals surface area contributed by atoms with Crippen LogP contribution in [0.15, 0.2) is 0 Å². The number of esters is 4. The van der Waals surface area contributed by atoms with Crippen molar-refractivity contribution in [1.29, 1.82) is 0 Å². The molecule has 19 heteroatoms. The van der Waals surface area contributed by atoms with Crippen LogP contribution in [0.4, 0.5) is 0 Å². The molecule has 0 fully saturated rings. The van der Waals surface area contributed by atoms with Crippen molar-refractivity contribution in [2.75, 3.05) is 39.6 Å². The van der Waals surface area contributed by atoms with Gasteiger partial charge >= 0.3 is 39.5 Å². The fourth-order valence-corrected chi connectivity index (χ4v) is 14.2. The molecule has 0 heterocycles. The number of hydrogen-bond acceptors (Lipinski definition) is 15. The first-order valence-corrected chi connectivity index (χ1v) is 45.1. The molecule has 5 atom stereocenters. The lowest BCUT2D eigenvalue weighted by molar-refractivity contribution is -0.161. The quantitative estimate of drug-likeness (QED) is 0.0222. The molecular formula is C81H158O17P2. The van der Waals surface area contributed by atoms with Gasteiger partial charge in [-0.3, -0.25) is 37.3 Å². The maximum atomic E-state index is 13.1. The Kier molecular flexibility index (Phi) is 72.5. The molecule has 0 bridgehead atoms. The highest BCUT2D eigenvalue weighted by Crippen LogP contribution is 2.45. The number of rotatable bonds is 81. The van der Waals surface area contributed by atoms with E-state index >= 15 is 0 Å². The van der Waals surface area contributed by atoms with Gasteiger partial charge in [-0.15, -0.1) is 0 Å². The van der Waals surface area contributed by atoms with E-state index in [9.17, 15) is 43.2 Å². The van der Waals surface area contributed by atoms with Crippen LogP contribution in [0.2, 0.25) is 0 Å². The lowest BCUT2D eigenvalue weighted by atomic mass is 10.0. The van der Waals surface area contributed by atoms with Gasteiger partial charge in [0.05, 0.1) is 26.4 Å². The van der Waals surface area contributed by atoms with Gasteiger partial charge in [-0.05, 0) is 31.6 Å². The van der Waals surface area contributed by atoms with E-state index in [1.807, 2.05) is 0 Å². The van der Waals surface area contributed by atoms with E-state index in [4.69, 9.17) is 37.0 Å². The van der Waals surface area contributed by atoms with Crippen LogP contribution < -0.4 is 0 Å². The van der Waals surface area contributed by atoms with Crippen molar-refractivity contribution < 1.29 is 80.2 Å². The zero-order valence-corrected chi connectivity index (χ0v) is 67.1. The van der Waals surface area contributed by atoms with Gasteiger partial charge in [-0.2, -0.15) is 0 Å². The van der Waals surface area contributed by atoms with Crippen LogP contribution in [-0.2, 0) is 65.4 Å². The summed E-state index contributed by atoms with van der Waals surface area (Å²) in [7, 11) is -9.91. The molecule has 0 aliphatic carbocycles. The van der Waals surface area contributed by atoms with Crippen LogP contribution >= 0.6 is 15.6 Å². The molecule has 3 N–H and O–H groups in total. The first-order valence-electron chi connectivity index (χ1n) is 42.1. The predicted octanol–water partition coefficient (Wildman–Crippen LogP) is 24.4. The number of carbonyl (C=O) groups excluding carboxylic acids is 4. The maximum Gasteiger partial charge on any atom is 0.472 e. The van der Waals surface area contributed by atoms with Crippen LogP contribution in [0.25, 0.3) is 0 Å². The Labute approximate surface area is 613 Å². The third-order valence-electron chi connectivity index (χ3n) is 19.0. The highest BCUT2D eigenvalue weighted by molar-refractivity contribution is 7.47. The Morgan fingerprint density at radius 3 is 0.680 bits per heavy atom. The normalized spacial score (nSPS) is 13.8. The van der Waals surface area contributed by atoms with E-state index in [2.05, 4.69) is 34.6 Å². The smallest absolute Gasteiger partial charge is 0.462 e. The number of ether oxygens (including phenoxy) is 4. The standard InChI is InChI=1S/C81H158O17P2/c1-6-9-12-15-17-19-21-23-25-27-29-30-31-32-34-36-38-43-47-51-56-61-67-81(86)98-77(71-92-79(84)65-60-55-50-46-42-37-35-33-28-26-24-22-20-18-16-13-10-7-2)73-96-100(89,90)94-69-75(82)68-93-99(87,88)95-72-76(70-91-78(83)64-59-53-14-11-8-3)97-80(85)66-62-57-52-48-44-40-39-41-45-49-54-58-63-74(4)5/h74-77,82H,6-73H2,1-5H3,(H,87,88)(H,89,90)/t75-,76+,77+/m0/s1. The van der Waals surface area contributed by atoms with Crippen LogP contribution in [-0.4, -0.2) is 96.7 Å². The molecule has 100 heavy (non-hydrogen) atoms. The van der Waals surface area contributed by atoms with Crippen LogP contribution in [0.5, 0.6) is 0 Å². The summed E-state index contributed by atoms with van der Waals surface area (Å²) in [5, 5.41) is 10.6. The summed E-state index contributed by atoms with van der Waals surface area (Å²) in [5.74, 6) is -1.34. The summed E-state index contributed by atoms with van der Waals surface area (Å²) in [6, 6.07) is 0. The monoisotopic (exact) mass is 1470 g/mol. The highest BCUT2D eigenvalue weighted by atomic mass is 31.2. The Morgan fingerprint density at radius 2 is 0.460 bits per heavy atom. The molecule has 0 aromatic carbocycles. The van der Waals surface area contributed by atoms with Gasteiger partial charge in [0.2, 0.25) is 0 Å². The summed E-state index contributed by atoms with van der Waals surface area (Å²) in [6.45, 7) is 7.24. The van der Waals surface area contributed by atoms with Crippen molar-refractivity contribution in [2.45, 2.75) is 451 Å². The molecule has 0 saturated carbocycles. The van der Waals surface area contributed by atoms with Gasteiger partial charge in [0.1, 0.15) is 19.3 Å². The first kappa shape index (κ1) is 98.1. The minimum atomic E-state index is -4.96. The zero-order valence-electron chi connectivity index (χ0n) is 65.3. The van der Waals surface area contributed by atoms with Crippen molar-refractivity contribution in [2.24, 2.45) is 5.92 Å². The van der Waals surface area contributed by atoms with Gasteiger partial charge in [-0.25, -0.2) is 9.13 Å². The first-order chi connectivity index (χ1) is 48.5. The predicted molar refractivity (Wildman–Crippen MR) is 409 cm³/mol. The Morgan fingerprint density at radius 1 is 0.270 bits per heavy atom. The number of unbranched alkanes of at least 4 members (excludes halogenated alkanes) is 53. The summed E-state index contributed by atoms with van der Waals surface area (Å²) in [5.41, 5.74) is 0. The molecule has 0 radical (unpaired) electrons. The maximum absolute atomic E-state index is 13.1. The lowest BCUT2D eigenvalue weighted by Crippen LogP contribution is -2.30. The fraction of sp³-hybridized carbons (Fsp3) is 0.951. The van der Waals surface area contributed by atoms with E-state index in [1.54, 1.807) is 0 Å². The molecular weight excluding hydrogens is 1310 g/mol. The Balaban J connectivity index is 5.11. The molecule has 0 aliphatic heterocycles.